The molecule has 3 rings (SSSR count). The molecule has 1 aromatic heterocycles. The van der Waals surface area contributed by atoms with E-state index in [1.165, 1.54) is 17.0 Å². The molecular weight excluding hydrogens is 349 g/mol. The van der Waals surface area contributed by atoms with Crippen molar-refractivity contribution in [2.24, 2.45) is 0 Å². The number of nitrogens with one attached hydrogen (secondary N) is 1. The fourth-order valence-corrected chi connectivity index (χ4v) is 3.57. The van der Waals surface area contributed by atoms with Gasteiger partial charge in [0.05, 0.1) is 17.9 Å². The van der Waals surface area contributed by atoms with Crippen LogP contribution in [0.25, 0.3) is 11.5 Å². The first kappa shape index (κ1) is 17.6. The molecule has 1 aromatic carbocycles. The summed E-state index contributed by atoms with van der Waals surface area (Å²) in [5, 5.41) is 0. The number of aryl methyl sites for hydroxylation is 1. The molecule has 1 saturated heterocycles. The molecular formula is C16H18FN3O4S. The Morgan fingerprint density at radius 2 is 2.04 bits per heavy atom. The molecule has 0 aliphatic carbocycles. The number of carbonyl (C=O) groups is 1. The average Bonchev–Trinajstić information content (AvgIpc) is 2.81. The Kier molecular flexibility index (Phi) is 4.87. The van der Waals surface area contributed by atoms with Gasteiger partial charge in [-0.3, -0.25) is 4.79 Å². The Labute approximate surface area is 144 Å². The predicted octanol–water partition coefficient (Wildman–Crippen LogP) is 1.09. The van der Waals surface area contributed by atoms with Gasteiger partial charge in [0.25, 0.3) is 0 Å². The lowest BCUT2D eigenvalue weighted by atomic mass is 10.2. The van der Waals surface area contributed by atoms with Gasteiger partial charge in [0, 0.05) is 25.2 Å². The molecule has 9 heteroatoms. The third kappa shape index (κ3) is 4.23. The van der Waals surface area contributed by atoms with Crippen LogP contribution in [0.1, 0.15) is 11.5 Å². The standard InChI is InChI=1S/C16H18FN3O4S/c1-11-14(19-16(24-11)12-2-4-13(17)5-3-12)10-15(21)20-7-6-18-25(22,23)9-8-20/h2-5,18H,6-10H2,1H3. The number of hydrogen-bond donors (Lipinski definition) is 1. The van der Waals surface area contributed by atoms with Gasteiger partial charge in [-0.05, 0) is 31.2 Å². The lowest BCUT2D eigenvalue weighted by molar-refractivity contribution is -0.130. The minimum absolute atomic E-state index is 0.0244. The third-order valence-corrected chi connectivity index (χ3v) is 5.35. The van der Waals surface area contributed by atoms with E-state index in [-0.39, 0.29) is 37.0 Å². The summed E-state index contributed by atoms with van der Waals surface area (Å²) < 4.78 is 44.1. The summed E-state index contributed by atoms with van der Waals surface area (Å²) in [4.78, 5) is 18.3. The Morgan fingerprint density at radius 1 is 1.32 bits per heavy atom. The van der Waals surface area contributed by atoms with E-state index in [4.69, 9.17) is 4.42 Å². The first-order valence-electron chi connectivity index (χ1n) is 7.81. The highest BCUT2D eigenvalue weighted by atomic mass is 32.2. The Balaban J connectivity index is 1.72. The molecule has 0 bridgehead atoms. The fourth-order valence-electron chi connectivity index (χ4n) is 2.56. The number of benzene rings is 1. The van der Waals surface area contributed by atoms with Crippen molar-refractivity contribution in [2.45, 2.75) is 13.3 Å². The molecule has 0 saturated carbocycles. The number of amides is 1. The summed E-state index contributed by atoms with van der Waals surface area (Å²) in [6.07, 6.45) is 0.0244. The van der Waals surface area contributed by atoms with Gasteiger partial charge in [-0.25, -0.2) is 22.5 Å². The highest BCUT2D eigenvalue weighted by Crippen LogP contribution is 2.22. The molecule has 2 aromatic rings. The average molecular weight is 367 g/mol. The molecule has 0 atom stereocenters. The highest BCUT2D eigenvalue weighted by Gasteiger charge is 2.24. The quantitative estimate of drug-likeness (QED) is 0.877. The first-order chi connectivity index (χ1) is 11.8. The number of aromatic nitrogens is 1. The predicted molar refractivity (Wildman–Crippen MR) is 88.7 cm³/mol. The van der Waals surface area contributed by atoms with Crippen LogP contribution in [0.4, 0.5) is 4.39 Å². The van der Waals surface area contributed by atoms with Crippen LogP contribution in [0, 0.1) is 12.7 Å². The van der Waals surface area contributed by atoms with Crippen molar-refractivity contribution < 1.29 is 22.0 Å². The molecule has 0 spiro atoms. The van der Waals surface area contributed by atoms with Crippen LogP contribution < -0.4 is 4.72 Å². The Morgan fingerprint density at radius 3 is 2.76 bits per heavy atom. The second-order valence-electron chi connectivity index (χ2n) is 5.80. The van der Waals surface area contributed by atoms with Crippen LogP contribution in [-0.2, 0) is 21.2 Å². The van der Waals surface area contributed by atoms with Gasteiger partial charge in [-0.15, -0.1) is 0 Å². The normalized spacial score (nSPS) is 17.3. The van der Waals surface area contributed by atoms with E-state index in [0.29, 0.717) is 29.5 Å². The second-order valence-corrected chi connectivity index (χ2v) is 7.73. The van der Waals surface area contributed by atoms with E-state index in [0.717, 1.165) is 0 Å². The van der Waals surface area contributed by atoms with E-state index in [1.54, 1.807) is 19.1 Å². The molecule has 1 aliphatic rings. The largest absolute Gasteiger partial charge is 0.441 e. The smallest absolute Gasteiger partial charge is 0.228 e. The topological polar surface area (TPSA) is 92.5 Å². The SMILES string of the molecule is Cc1oc(-c2ccc(F)cc2)nc1CC(=O)N1CCNS(=O)(=O)CC1. The molecule has 1 aliphatic heterocycles. The second kappa shape index (κ2) is 6.93. The van der Waals surface area contributed by atoms with Gasteiger partial charge < -0.3 is 9.32 Å². The number of halogens is 1. The number of oxazole rings is 1. The zero-order valence-electron chi connectivity index (χ0n) is 13.7. The molecule has 134 valence electrons. The summed E-state index contributed by atoms with van der Waals surface area (Å²) in [5.74, 6) is 0.152. The van der Waals surface area contributed by atoms with Crippen LogP contribution in [0.5, 0.6) is 0 Å². The van der Waals surface area contributed by atoms with Crippen molar-refractivity contribution in [3.8, 4) is 11.5 Å². The molecule has 0 radical (unpaired) electrons. The number of rotatable bonds is 3. The van der Waals surface area contributed by atoms with Crippen molar-refractivity contribution in [1.29, 1.82) is 0 Å². The minimum atomic E-state index is -3.31. The van der Waals surface area contributed by atoms with E-state index in [1.807, 2.05) is 0 Å². The molecule has 0 unspecified atom stereocenters. The van der Waals surface area contributed by atoms with Crippen molar-refractivity contribution in [2.75, 3.05) is 25.4 Å². The molecule has 1 fully saturated rings. The van der Waals surface area contributed by atoms with Gasteiger partial charge in [0.2, 0.25) is 21.8 Å². The summed E-state index contributed by atoms with van der Waals surface area (Å²) in [7, 11) is -3.31. The minimum Gasteiger partial charge on any atom is -0.441 e. The maximum Gasteiger partial charge on any atom is 0.228 e. The van der Waals surface area contributed by atoms with Crippen molar-refractivity contribution in [3.63, 3.8) is 0 Å². The van der Waals surface area contributed by atoms with Gasteiger partial charge in [-0.1, -0.05) is 0 Å². The maximum atomic E-state index is 13.0. The zero-order valence-corrected chi connectivity index (χ0v) is 14.5. The third-order valence-electron chi connectivity index (χ3n) is 3.99. The highest BCUT2D eigenvalue weighted by molar-refractivity contribution is 7.89. The molecule has 1 N–H and O–H groups in total. The van der Waals surface area contributed by atoms with Crippen LogP contribution in [0.15, 0.2) is 28.7 Å². The molecule has 7 nitrogen and oxygen atoms in total. The first-order valence-corrected chi connectivity index (χ1v) is 9.47. The van der Waals surface area contributed by atoms with E-state index >= 15 is 0 Å². The Hall–Kier alpha value is -2.26. The van der Waals surface area contributed by atoms with Crippen molar-refractivity contribution in [3.05, 3.63) is 41.5 Å². The monoisotopic (exact) mass is 367 g/mol. The number of hydrogen-bond acceptors (Lipinski definition) is 5. The fraction of sp³-hybridized carbons (Fsp3) is 0.375. The summed E-state index contributed by atoms with van der Waals surface area (Å²) in [6, 6.07) is 5.73. The molecule has 25 heavy (non-hydrogen) atoms. The van der Waals surface area contributed by atoms with E-state index in [9.17, 15) is 17.6 Å². The van der Waals surface area contributed by atoms with E-state index in [2.05, 4.69) is 9.71 Å². The lowest BCUT2D eigenvalue weighted by Gasteiger charge is -2.18. The summed E-state index contributed by atoms with van der Waals surface area (Å²) in [5.41, 5.74) is 1.11. The van der Waals surface area contributed by atoms with Gasteiger partial charge >= 0.3 is 0 Å². The van der Waals surface area contributed by atoms with Gasteiger partial charge in [0.15, 0.2) is 0 Å². The number of carbonyl (C=O) groups excluding carboxylic acids is 1. The van der Waals surface area contributed by atoms with Gasteiger partial charge in [0.1, 0.15) is 11.6 Å². The summed E-state index contributed by atoms with van der Waals surface area (Å²) in [6.45, 7) is 2.37. The summed E-state index contributed by atoms with van der Waals surface area (Å²) >= 11 is 0. The maximum absolute atomic E-state index is 13.0. The van der Waals surface area contributed by atoms with Crippen LogP contribution in [0.2, 0.25) is 0 Å². The van der Waals surface area contributed by atoms with Crippen LogP contribution in [0.3, 0.4) is 0 Å². The van der Waals surface area contributed by atoms with E-state index < -0.39 is 10.0 Å². The Bertz CT molecular complexity index is 877. The molecule has 1 amide bonds. The zero-order chi connectivity index (χ0) is 18.0. The van der Waals surface area contributed by atoms with Crippen molar-refractivity contribution >= 4 is 15.9 Å². The van der Waals surface area contributed by atoms with Crippen LogP contribution >= 0.6 is 0 Å². The molecule has 2 heterocycles. The number of sulfonamides is 1. The van der Waals surface area contributed by atoms with Gasteiger partial charge in [-0.2, -0.15) is 0 Å². The van der Waals surface area contributed by atoms with Crippen LogP contribution in [-0.4, -0.2) is 49.6 Å². The van der Waals surface area contributed by atoms with Crippen molar-refractivity contribution in [1.82, 2.24) is 14.6 Å². The lowest BCUT2D eigenvalue weighted by Crippen LogP contribution is -2.36. The number of nitrogens with zero attached hydrogens (tertiary/aromatic N) is 2.